The lowest BCUT2D eigenvalue weighted by atomic mass is 9.69. The van der Waals surface area contributed by atoms with E-state index in [0.717, 1.165) is 19.3 Å². The second-order valence-electron chi connectivity index (χ2n) is 5.28. The van der Waals surface area contributed by atoms with E-state index < -0.39 is 0 Å². The molecule has 1 heterocycles. The van der Waals surface area contributed by atoms with E-state index in [1.807, 2.05) is 0 Å². The zero-order valence-electron chi connectivity index (χ0n) is 9.37. The summed E-state index contributed by atoms with van der Waals surface area (Å²) in [6, 6.07) is 0. The highest BCUT2D eigenvalue weighted by molar-refractivity contribution is 5.77. The third-order valence-electron chi connectivity index (χ3n) is 4.44. The lowest BCUT2D eigenvalue weighted by molar-refractivity contribution is -0.140. The van der Waals surface area contributed by atoms with Gasteiger partial charge in [-0.15, -0.1) is 0 Å². The first-order chi connectivity index (χ1) is 7.58. The van der Waals surface area contributed by atoms with E-state index in [4.69, 9.17) is 4.74 Å². The van der Waals surface area contributed by atoms with Crippen molar-refractivity contribution in [2.75, 3.05) is 0 Å². The van der Waals surface area contributed by atoms with Gasteiger partial charge in [-0.2, -0.15) is 0 Å². The number of fused-ring (bicyclic) bond motifs is 2. The van der Waals surface area contributed by atoms with E-state index in [1.165, 1.54) is 11.1 Å². The maximum atomic E-state index is 11.7. The summed E-state index contributed by atoms with van der Waals surface area (Å²) >= 11 is 0. The standard InChI is InChI=1S/C14H16O2/c1-7-4-8(2)11-6-13-12(5-10(7)11)9(3)16-14(13)15/h10-13H,1-6H2. The van der Waals surface area contributed by atoms with Crippen molar-refractivity contribution in [2.24, 2.45) is 23.7 Å². The average molecular weight is 216 g/mol. The van der Waals surface area contributed by atoms with E-state index >= 15 is 0 Å². The summed E-state index contributed by atoms with van der Waals surface area (Å²) in [7, 11) is 0. The number of rotatable bonds is 0. The molecular weight excluding hydrogens is 200 g/mol. The lowest BCUT2D eigenvalue weighted by Crippen LogP contribution is -2.30. The van der Waals surface area contributed by atoms with Crippen LogP contribution in [-0.4, -0.2) is 5.97 Å². The Morgan fingerprint density at radius 3 is 2.12 bits per heavy atom. The van der Waals surface area contributed by atoms with Gasteiger partial charge in [-0.3, -0.25) is 4.79 Å². The first-order valence-corrected chi connectivity index (χ1v) is 5.83. The molecule has 3 rings (SSSR count). The summed E-state index contributed by atoms with van der Waals surface area (Å²) in [5, 5.41) is 0. The van der Waals surface area contributed by atoms with Gasteiger partial charge in [0.15, 0.2) is 0 Å². The van der Waals surface area contributed by atoms with Crippen LogP contribution in [0.15, 0.2) is 36.6 Å². The zero-order valence-corrected chi connectivity index (χ0v) is 9.37. The Hall–Kier alpha value is -1.31. The minimum Gasteiger partial charge on any atom is -0.431 e. The van der Waals surface area contributed by atoms with Crippen LogP contribution in [-0.2, 0) is 9.53 Å². The Morgan fingerprint density at radius 1 is 0.938 bits per heavy atom. The fraction of sp³-hybridized carbons (Fsp3) is 0.500. The van der Waals surface area contributed by atoms with E-state index in [-0.39, 0.29) is 17.8 Å². The van der Waals surface area contributed by atoms with Crippen LogP contribution in [0.1, 0.15) is 19.3 Å². The Kier molecular flexibility index (Phi) is 1.91. The SMILES string of the molecule is C=C1CC(=C)C2CC3C(=O)OC(=C)C3CC12. The molecule has 0 radical (unpaired) electrons. The van der Waals surface area contributed by atoms with Gasteiger partial charge in [0.05, 0.1) is 5.92 Å². The summed E-state index contributed by atoms with van der Waals surface area (Å²) in [5.41, 5.74) is 2.53. The molecule has 4 atom stereocenters. The summed E-state index contributed by atoms with van der Waals surface area (Å²) < 4.78 is 5.15. The van der Waals surface area contributed by atoms with Crippen LogP contribution in [0.2, 0.25) is 0 Å². The van der Waals surface area contributed by atoms with Crippen LogP contribution >= 0.6 is 0 Å². The molecule has 2 saturated carbocycles. The molecule has 2 nitrogen and oxygen atoms in total. The van der Waals surface area contributed by atoms with Crippen LogP contribution in [0.5, 0.6) is 0 Å². The van der Waals surface area contributed by atoms with Gasteiger partial charge in [-0.05, 0) is 31.1 Å². The molecule has 3 aliphatic rings. The van der Waals surface area contributed by atoms with Crippen molar-refractivity contribution in [2.45, 2.75) is 19.3 Å². The highest BCUT2D eigenvalue weighted by Gasteiger charge is 2.50. The van der Waals surface area contributed by atoms with Crippen molar-refractivity contribution in [3.63, 3.8) is 0 Å². The van der Waals surface area contributed by atoms with Crippen molar-refractivity contribution in [3.8, 4) is 0 Å². The number of esters is 1. The smallest absolute Gasteiger partial charge is 0.314 e. The quantitative estimate of drug-likeness (QED) is 0.459. The van der Waals surface area contributed by atoms with E-state index in [0.29, 0.717) is 17.6 Å². The van der Waals surface area contributed by atoms with Gasteiger partial charge < -0.3 is 4.74 Å². The van der Waals surface area contributed by atoms with Gasteiger partial charge in [0, 0.05) is 5.92 Å². The van der Waals surface area contributed by atoms with Gasteiger partial charge in [-0.1, -0.05) is 30.9 Å². The molecule has 0 aromatic heterocycles. The largest absolute Gasteiger partial charge is 0.431 e. The molecule has 0 aromatic carbocycles. The number of ether oxygens (including phenoxy) is 1. The van der Waals surface area contributed by atoms with Gasteiger partial charge in [0.25, 0.3) is 0 Å². The van der Waals surface area contributed by atoms with Crippen molar-refractivity contribution >= 4 is 5.97 Å². The predicted octanol–water partition coefficient (Wildman–Crippen LogP) is 2.83. The van der Waals surface area contributed by atoms with E-state index in [2.05, 4.69) is 19.7 Å². The Balaban J connectivity index is 1.92. The molecule has 4 unspecified atom stereocenters. The molecule has 0 N–H and O–H groups in total. The maximum Gasteiger partial charge on any atom is 0.314 e. The molecule has 3 fully saturated rings. The minimum atomic E-state index is -0.0845. The highest BCUT2D eigenvalue weighted by Crippen LogP contribution is 2.54. The van der Waals surface area contributed by atoms with E-state index in [1.54, 1.807) is 0 Å². The van der Waals surface area contributed by atoms with Gasteiger partial charge >= 0.3 is 5.97 Å². The van der Waals surface area contributed by atoms with Crippen LogP contribution in [0.4, 0.5) is 0 Å². The van der Waals surface area contributed by atoms with Crippen LogP contribution in [0, 0.1) is 23.7 Å². The molecular formula is C14H16O2. The summed E-state index contributed by atoms with van der Waals surface area (Å²) in [5.74, 6) is 1.78. The maximum absolute atomic E-state index is 11.7. The molecule has 0 spiro atoms. The second-order valence-corrected chi connectivity index (χ2v) is 5.28. The van der Waals surface area contributed by atoms with Gasteiger partial charge in [0.1, 0.15) is 5.76 Å². The highest BCUT2D eigenvalue weighted by atomic mass is 16.5. The summed E-state index contributed by atoms with van der Waals surface area (Å²) in [6.07, 6.45) is 2.79. The van der Waals surface area contributed by atoms with Gasteiger partial charge in [0.2, 0.25) is 0 Å². The molecule has 84 valence electrons. The molecule has 0 bridgehead atoms. The first-order valence-electron chi connectivity index (χ1n) is 5.83. The first kappa shape index (κ1) is 9.88. The molecule has 1 aliphatic heterocycles. The predicted molar refractivity (Wildman–Crippen MR) is 61.3 cm³/mol. The van der Waals surface area contributed by atoms with Crippen LogP contribution < -0.4 is 0 Å². The number of hydrogen-bond acceptors (Lipinski definition) is 2. The third kappa shape index (κ3) is 1.16. The van der Waals surface area contributed by atoms with Crippen molar-refractivity contribution in [3.05, 3.63) is 36.6 Å². The fourth-order valence-electron chi connectivity index (χ4n) is 3.56. The number of carbonyl (C=O) groups excluding carboxylic acids is 1. The Labute approximate surface area is 95.7 Å². The molecule has 2 heteroatoms. The minimum absolute atomic E-state index is 0.0244. The zero-order chi connectivity index (χ0) is 11.4. The van der Waals surface area contributed by atoms with E-state index in [9.17, 15) is 4.79 Å². The second kappa shape index (κ2) is 3.09. The molecule has 0 amide bonds. The monoisotopic (exact) mass is 216 g/mol. The Bertz CT molecular complexity index is 342. The summed E-state index contributed by atoms with van der Waals surface area (Å²) in [4.78, 5) is 11.7. The summed E-state index contributed by atoms with van der Waals surface area (Å²) in [6.45, 7) is 12.1. The third-order valence-corrected chi connectivity index (χ3v) is 4.44. The molecule has 0 aromatic rings. The van der Waals surface area contributed by atoms with Crippen LogP contribution in [0.25, 0.3) is 0 Å². The molecule has 2 aliphatic carbocycles. The van der Waals surface area contributed by atoms with Crippen molar-refractivity contribution in [1.82, 2.24) is 0 Å². The number of hydrogen-bond donors (Lipinski definition) is 0. The number of cyclic esters (lactones) is 1. The van der Waals surface area contributed by atoms with Crippen LogP contribution in [0.3, 0.4) is 0 Å². The fourth-order valence-corrected chi connectivity index (χ4v) is 3.56. The topological polar surface area (TPSA) is 26.3 Å². The Morgan fingerprint density at radius 2 is 1.50 bits per heavy atom. The molecule has 16 heavy (non-hydrogen) atoms. The number of carbonyl (C=O) groups is 1. The van der Waals surface area contributed by atoms with Crippen molar-refractivity contribution in [1.29, 1.82) is 0 Å². The number of allylic oxidation sites excluding steroid dienone is 3. The lowest BCUT2D eigenvalue weighted by Gasteiger charge is -2.32. The normalized spacial score (nSPS) is 42.0. The molecule has 1 saturated heterocycles. The van der Waals surface area contributed by atoms with Gasteiger partial charge in [-0.25, -0.2) is 0 Å². The average Bonchev–Trinajstić information content (AvgIpc) is 2.67. The van der Waals surface area contributed by atoms with Crippen molar-refractivity contribution < 1.29 is 9.53 Å².